The maximum absolute atomic E-state index is 12.3. The smallest absolute Gasteiger partial charge is 0.255 e. The number of hydrogen-bond acceptors (Lipinski definition) is 6. The summed E-state index contributed by atoms with van der Waals surface area (Å²) in [6, 6.07) is 6.83. The highest BCUT2D eigenvalue weighted by Crippen LogP contribution is 2.17. The minimum Gasteiger partial charge on any atom is -0.505 e. The number of pyridine rings is 2. The maximum Gasteiger partial charge on any atom is 0.255 e. The molecule has 1 aliphatic rings. The lowest BCUT2D eigenvalue weighted by Gasteiger charge is -2.32. The molecule has 0 bridgehead atoms. The van der Waals surface area contributed by atoms with Gasteiger partial charge in [0.2, 0.25) is 0 Å². The molecule has 0 saturated carbocycles. The molecule has 7 heteroatoms. The lowest BCUT2D eigenvalue weighted by Crippen LogP contribution is -2.50. The largest absolute Gasteiger partial charge is 0.505 e. The fourth-order valence-electron chi connectivity index (χ4n) is 2.55. The van der Waals surface area contributed by atoms with Gasteiger partial charge in [-0.3, -0.25) is 14.8 Å². The van der Waals surface area contributed by atoms with Crippen LogP contribution in [0.15, 0.2) is 42.9 Å². The van der Waals surface area contributed by atoms with E-state index in [0.29, 0.717) is 26.2 Å². The lowest BCUT2D eigenvalue weighted by molar-refractivity contribution is -0.0613. The molecular weight excluding hydrogens is 310 g/mol. The van der Waals surface area contributed by atoms with Gasteiger partial charge in [0, 0.05) is 19.0 Å². The molecule has 0 radical (unpaired) electrons. The molecule has 0 aliphatic carbocycles. The Morgan fingerprint density at radius 2 is 2.29 bits per heavy atom. The summed E-state index contributed by atoms with van der Waals surface area (Å²) in [5.74, 6) is -0.533. The van der Waals surface area contributed by atoms with E-state index in [2.05, 4.69) is 15.3 Å². The van der Waals surface area contributed by atoms with Gasteiger partial charge >= 0.3 is 0 Å². The second-order valence-electron chi connectivity index (χ2n) is 5.51. The van der Waals surface area contributed by atoms with E-state index in [1.54, 1.807) is 6.20 Å². The van der Waals surface area contributed by atoms with Crippen molar-refractivity contribution >= 4 is 5.91 Å². The fourth-order valence-corrected chi connectivity index (χ4v) is 2.55. The molecule has 1 amide bonds. The van der Waals surface area contributed by atoms with Crippen LogP contribution in [0.4, 0.5) is 0 Å². The van der Waals surface area contributed by atoms with Crippen molar-refractivity contribution in [1.82, 2.24) is 15.3 Å². The number of aromatic hydroxyl groups is 1. The summed E-state index contributed by atoms with van der Waals surface area (Å²) in [5.41, 5.74) is 1.01. The average molecular weight is 329 g/mol. The van der Waals surface area contributed by atoms with E-state index in [0.717, 1.165) is 5.69 Å². The summed E-state index contributed by atoms with van der Waals surface area (Å²) in [7, 11) is 0. The van der Waals surface area contributed by atoms with Gasteiger partial charge in [-0.05, 0) is 24.6 Å². The van der Waals surface area contributed by atoms with Gasteiger partial charge < -0.3 is 19.9 Å². The average Bonchev–Trinajstić information content (AvgIpc) is 2.62. The van der Waals surface area contributed by atoms with Crippen LogP contribution in [0.1, 0.15) is 22.5 Å². The normalized spacial score (nSPS) is 20.5. The van der Waals surface area contributed by atoms with Crippen LogP contribution in [0, 0.1) is 0 Å². The van der Waals surface area contributed by atoms with Gasteiger partial charge in [0.05, 0.1) is 42.8 Å². The Morgan fingerprint density at radius 3 is 3.08 bits per heavy atom. The first-order valence-corrected chi connectivity index (χ1v) is 7.77. The zero-order valence-electron chi connectivity index (χ0n) is 13.1. The topological polar surface area (TPSA) is 93.6 Å². The van der Waals surface area contributed by atoms with Crippen LogP contribution < -0.4 is 5.32 Å². The van der Waals surface area contributed by atoms with Gasteiger partial charge in [-0.15, -0.1) is 0 Å². The Morgan fingerprint density at radius 1 is 1.38 bits per heavy atom. The van der Waals surface area contributed by atoms with Crippen molar-refractivity contribution in [2.24, 2.45) is 0 Å². The summed E-state index contributed by atoms with van der Waals surface area (Å²) in [4.78, 5) is 20.3. The lowest BCUT2D eigenvalue weighted by atomic mass is 10.1. The highest BCUT2D eigenvalue weighted by Gasteiger charge is 2.29. The minimum absolute atomic E-state index is 0.155. The molecule has 126 valence electrons. The van der Waals surface area contributed by atoms with E-state index in [1.807, 2.05) is 18.2 Å². The van der Waals surface area contributed by atoms with E-state index in [4.69, 9.17) is 9.47 Å². The van der Waals surface area contributed by atoms with Crippen LogP contribution in [-0.4, -0.2) is 46.3 Å². The van der Waals surface area contributed by atoms with Gasteiger partial charge in [0.25, 0.3) is 5.91 Å². The molecule has 3 heterocycles. The van der Waals surface area contributed by atoms with E-state index < -0.39 is 0 Å². The number of amides is 1. The van der Waals surface area contributed by atoms with Crippen LogP contribution in [0.25, 0.3) is 0 Å². The van der Waals surface area contributed by atoms with Crippen molar-refractivity contribution in [1.29, 1.82) is 0 Å². The van der Waals surface area contributed by atoms with Crippen LogP contribution in [0.5, 0.6) is 5.75 Å². The Hall–Kier alpha value is -2.51. The number of ether oxygens (including phenoxy) is 2. The molecule has 3 rings (SSSR count). The molecule has 2 atom stereocenters. The zero-order chi connectivity index (χ0) is 16.8. The number of carbonyl (C=O) groups is 1. The number of aromatic nitrogens is 2. The van der Waals surface area contributed by atoms with E-state index in [9.17, 15) is 9.90 Å². The summed E-state index contributed by atoms with van der Waals surface area (Å²) < 4.78 is 11.4. The Labute approximate surface area is 139 Å². The molecule has 2 N–H and O–H groups in total. The van der Waals surface area contributed by atoms with Crippen molar-refractivity contribution in [3.05, 3.63) is 54.1 Å². The van der Waals surface area contributed by atoms with Crippen LogP contribution in [-0.2, 0) is 16.1 Å². The monoisotopic (exact) mass is 329 g/mol. The van der Waals surface area contributed by atoms with Crippen LogP contribution in [0.2, 0.25) is 0 Å². The van der Waals surface area contributed by atoms with E-state index in [-0.39, 0.29) is 29.4 Å². The standard InChI is InChI=1S/C17H19N3O4/c21-15-9-18-7-4-13(15)17(22)20-14-11-23-8-5-16(14)24-10-12-3-1-2-6-19-12/h1-4,6-7,9,14,16,21H,5,8,10-11H2,(H,20,22)/t14-,16-/m1/s1. The predicted molar refractivity (Wildman–Crippen MR) is 85.4 cm³/mol. The molecule has 2 aromatic rings. The number of carbonyl (C=O) groups excluding carboxylic acids is 1. The number of rotatable bonds is 5. The summed E-state index contributed by atoms with van der Waals surface area (Å²) >= 11 is 0. The zero-order valence-corrected chi connectivity index (χ0v) is 13.1. The fraction of sp³-hybridized carbons (Fsp3) is 0.353. The Balaban J connectivity index is 1.62. The molecule has 1 aliphatic heterocycles. The van der Waals surface area contributed by atoms with Crippen molar-refractivity contribution in [2.45, 2.75) is 25.2 Å². The van der Waals surface area contributed by atoms with Crippen molar-refractivity contribution < 1.29 is 19.4 Å². The second-order valence-corrected chi connectivity index (χ2v) is 5.51. The predicted octanol–water partition coefficient (Wildman–Crippen LogP) is 1.29. The van der Waals surface area contributed by atoms with Crippen molar-refractivity contribution in [3.63, 3.8) is 0 Å². The molecule has 1 fully saturated rings. The summed E-state index contributed by atoms with van der Waals surface area (Å²) in [6.45, 7) is 1.32. The van der Waals surface area contributed by atoms with Gasteiger partial charge in [0.15, 0.2) is 0 Å². The second kappa shape index (κ2) is 7.85. The summed E-state index contributed by atoms with van der Waals surface area (Å²) in [6.07, 6.45) is 4.92. The van der Waals surface area contributed by atoms with Gasteiger partial charge in [-0.2, -0.15) is 0 Å². The maximum atomic E-state index is 12.3. The van der Waals surface area contributed by atoms with Crippen molar-refractivity contribution in [3.8, 4) is 5.75 Å². The first-order chi connectivity index (χ1) is 11.7. The molecule has 24 heavy (non-hydrogen) atoms. The third-order valence-electron chi connectivity index (χ3n) is 3.83. The number of nitrogens with one attached hydrogen (secondary N) is 1. The minimum atomic E-state index is -0.378. The Bertz CT molecular complexity index is 681. The van der Waals surface area contributed by atoms with Gasteiger partial charge in [-0.25, -0.2) is 0 Å². The third kappa shape index (κ3) is 4.06. The van der Waals surface area contributed by atoms with E-state index in [1.165, 1.54) is 18.5 Å². The molecular formula is C17H19N3O4. The first kappa shape index (κ1) is 16.4. The quantitative estimate of drug-likeness (QED) is 0.858. The van der Waals surface area contributed by atoms with Crippen LogP contribution in [0.3, 0.4) is 0 Å². The van der Waals surface area contributed by atoms with Crippen molar-refractivity contribution in [2.75, 3.05) is 13.2 Å². The molecule has 7 nitrogen and oxygen atoms in total. The number of nitrogens with zero attached hydrogens (tertiary/aromatic N) is 2. The summed E-state index contributed by atoms with van der Waals surface area (Å²) in [5, 5.41) is 12.6. The molecule has 0 spiro atoms. The molecule has 2 aromatic heterocycles. The highest BCUT2D eigenvalue weighted by molar-refractivity contribution is 5.96. The van der Waals surface area contributed by atoms with E-state index >= 15 is 0 Å². The van der Waals surface area contributed by atoms with Crippen LogP contribution >= 0.6 is 0 Å². The first-order valence-electron chi connectivity index (χ1n) is 7.77. The van der Waals surface area contributed by atoms with Gasteiger partial charge in [-0.1, -0.05) is 6.07 Å². The number of hydrogen-bond donors (Lipinski definition) is 2. The molecule has 1 saturated heterocycles. The van der Waals surface area contributed by atoms with Gasteiger partial charge in [0.1, 0.15) is 5.75 Å². The SMILES string of the molecule is O=C(N[C@@H]1COCC[C@H]1OCc1ccccn1)c1ccncc1O. The molecule has 0 unspecified atom stereocenters. The Kier molecular flexibility index (Phi) is 5.35. The third-order valence-corrected chi connectivity index (χ3v) is 3.83. The highest BCUT2D eigenvalue weighted by atomic mass is 16.5. The molecule has 0 aromatic carbocycles.